The molecule has 132 valence electrons. The maximum atomic E-state index is 11.9. The van der Waals surface area contributed by atoms with E-state index >= 15 is 0 Å². The molecule has 0 aliphatic heterocycles. The topological polar surface area (TPSA) is 93.5 Å². The number of halogens is 2. The molecule has 2 aromatic rings. The second-order valence-corrected chi connectivity index (χ2v) is 6.00. The standard InChI is InChI=1S/C16H15Cl2N3O4/c1-9-5-12(6-10(2)15(9)18)25-8-19-16(22)20-14-7-11(21(23)24)3-4-13(14)17/h3-7H,8H2,1-2H3,(H2,19,20,22). The number of carbonyl (C=O) groups is 1. The Balaban J connectivity index is 1.93. The summed E-state index contributed by atoms with van der Waals surface area (Å²) in [5.41, 5.74) is 1.68. The first-order chi connectivity index (χ1) is 11.8. The van der Waals surface area contributed by atoms with Gasteiger partial charge in [-0.3, -0.25) is 10.1 Å². The van der Waals surface area contributed by atoms with E-state index in [1.165, 1.54) is 18.2 Å². The number of anilines is 1. The molecule has 0 heterocycles. The van der Waals surface area contributed by atoms with Crippen LogP contribution in [0.25, 0.3) is 0 Å². The van der Waals surface area contributed by atoms with Crippen molar-refractivity contribution in [3.05, 3.63) is 61.6 Å². The molecule has 0 unspecified atom stereocenters. The minimum atomic E-state index is -0.607. The summed E-state index contributed by atoms with van der Waals surface area (Å²) in [7, 11) is 0. The molecule has 0 aliphatic rings. The summed E-state index contributed by atoms with van der Waals surface area (Å²) in [4.78, 5) is 22.1. The van der Waals surface area contributed by atoms with Crippen LogP contribution in [0.3, 0.4) is 0 Å². The van der Waals surface area contributed by atoms with Crippen LogP contribution in [0.15, 0.2) is 30.3 Å². The van der Waals surface area contributed by atoms with Gasteiger partial charge in [-0.15, -0.1) is 0 Å². The summed E-state index contributed by atoms with van der Waals surface area (Å²) >= 11 is 12.0. The number of hydrogen-bond donors (Lipinski definition) is 2. The third-order valence-electron chi connectivity index (χ3n) is 3.29. The van der Waals surface area contributed by atoms with Gasteiger partial charge in [-0.25, -0.2) is 4.79 Å². The largest absolute Gasteiger partial charge is 0.473 e. The predicted molar refractivity (Wildman–Crippen MR) is 96.7 cm³/mol. The number of amides is 2. The minimum Gasteiger partial charge on any atom is -0.473 e. The van der Waals surface area contributed by atoms with Gasteiger partial charge >= 0.3 is 6.03 Å². The molecule has 0 atom stereocenters. The van der Waals surface area contributed by atoms with E-state index in [1.54, 1.807) is 12.1 Å². The number of aryl methyl sites for hydroxylation is 2. The van der Waals surface area contributed by atoms with E-state index in [2.05, 4.69) is 10.6 Å². The van der Waals surface area contributed by atoms with Gasteiger partial charge in [-0.2, -0.15) is 0 Å². The van der Waals surface area contributed by atoms with Crippen LogP contribution in [0.1, 0.15) is 11.1 Å². The number of carbonyl (C=O) groups excluding carboxylic acids is 1. The summed E-state index contributed by atoms with van der Waals surface area (Å²) < 4.78 is 5.45. The zero-order valence-corrected chi connectivity index (χ0v) is 14.9. The molecule has 0 bridgehead atoms. The van der Waals surface area contributed by atoms with Gasteiger partial charge in [-0.05, 0) is 43.2 Å². The third kappa shape index (κ3) is 4.98. The number of hydrogen-bond acceptors (Lipinski definition) is 4. The van der Waals surface area contributed by atoms with Gasteiger partial charge < -0.3 is 15.4 Å². The molecule has 0 aromatic heterocycles. The van der Waals surface area contributed by atoms with E-state index in [1.807, 2.05) is 13.8 Å². The number of nitro groups is 1. The lowest BCUT2D eigenvalue weighted by atomic mass is 10.1. The lowest BCUT2D eigenvalue weighted by Gasteiger charge is -2.12. The normalized spacial score (nSPS) is 10.2. The van der Waals surface area contributed by atoms with Crippen molar-refractivity contribution in [2.45, 2.75) is 13.8 Å². The zero-order valence-electron chi connectivity index (χ0n) is 13.4. The van der Waals surface area contributed by atoms with Crippen LogP contribution in [0, 0.1) is 24.0 Å². The fourth-order valence-corrected chi connectivity index (χ4v) is 2.34. The Labute approximate surface area is 154 Å². The van der Waals surface area contributed by atoms with Crippen LogP contribution < -0.4 is 15.4 Å². The molecule has 2 aromatic carbocycles. The highest BCUT2D eigenvalue weighted by Gasteiger charge is 2.12. The van der Waals surface area contributed by atoms with Gasteiger partial charge in [0.25, 0.3) is 5.69 Å². The number of benzene rings is 2. The van der Waals surface area contributed by atoms with E-state index < -0.39 is 11.0 Å². The van der Waals surface area contributed by atoms with Crippen LogP contribution in [0.4, 0.5) is 16.2 Å². The van der Waals surface area contributed by atoms with Gasteiger partial charge in [0, 0.05) is 17.2 Å². The molecule has 2 N–H and O–H groups in total. The summed E-state index contributed by atoms with van der Waals surface area (Å²) in [6.07, 6.45) is 0. The van der Waals surface area contributed by atoms with Crippen molar-refractivity contribution in [2.75, 3.05) is 12.0 Å². The van der Waals surface area contributed by atoms with Crippen molar-refractivity contribution in [2.24, 2.45) is 0 Å². The Morgan fingerprint density at radius 2 is 1.84 bits per heavy atom. The van der Waals surface area contributed by atoms with Crippen molar-refractivity contribution in [1.29, 1.82) is 0 Å². The minimum absolute atomic E-state index is 0.0983. The molecule has 2 amide bonds. The first-order valence-corrected chi connectivity index (χ1v) is 7.92. The molecule has 2 rings (SSSR count). The maximum Gasteiger partial charge on any atom is 0.321 e. The van der Waals surface area contributed by atoms with Gasteiger partial charge in [-0.1, -0.05) is 23.2 Å². The molecule has 0 saturated heterocycles. The Morgan fingerprint density at radius 1 is 1.20 bits per heavy atom. The number of nitro benzene ring substituents is 1. The Kier molecular flexibility index (Phi) is 6.06. The number of rotatable bonds is 5. The van der Waals surface area contributed by atoms with E-state index in [-0.39, 0.29) is 23.1 Å². The average Bonchev–Trinajstić information content (AvgIpc) is 2.54. The second-order valence-electron chi connectivity index (χ2n) is 5.21. The Morgan fingerprint density at radius 3 is 2.44 bits per heavy atom. The summed E-state index contributed by atoms with van der Waals surface area (Å²) in [6, 6.07) is 6.67. The molecule has 0 saturated carbocycles. The van der Waals surface area contributed by atoms with Crippen LogP contribution >= 0.6 is 23.2 Å². The number of nitrogens with one attached hydrogen (secondary N) is 2. The smallest absolute Gasteiger partial charge is 0.321 e. The fraction of sp³-hybridized carbons (Fsp3) is 0.188. The van der Waals surface area contributed by atoms with E-state index in [0.717, 1.165) is 11.1 Å². The SMILES string of the molecule is Cc1cc(OCNC(=O)Nc2cc([N+](=O)[O-])ccc2Cl)cc(C)c1Cl. The fourth-order valence-electron chi connectivity index (χ4n) is 2.06. The van der Waals surface area contributed by atoms with Crippen LogP contribution in [0.2, 0.25) is 10.0 Å². The number of urea groups is 1. The van der Waals surface area contributed by atoms with Gasteiger partial charge in [0.05, 0.1) is 15.6 Å². The highest BCUT2D eigenvalue weighted by Crippen LogP contribution is 2.27. The molecule has 9 heteroatoms. The van der Waals surface area contributed by atoms with E-state index in [4.69, 9.17) is 27.9 Å². The van der Waals surface area contributed by atoms with Crippen LogP contribution in [-0.2, 0) is 0 Å². The molecular formula is C16H15Cl2N3O4. The molecule has 0 spiro atoms. The Bertz CT molecular complexity index is 804. The van der Waals surface area contributed by atoms with Crippen LogP contribution in [0.5, 0.6) is 5.75 Å². The van der Waals surface area contributed by atoms with Crippen molar-refractivity contribution in [3.63, 3.8) is 0 Å². The zero-order chi connectivity index (χ0) is 18.6. The highest BCUT2D eigenvalue weighted by atomic mass is 35.5. The number of nitrogens with zero attached hydrogens (tertiary/aromatic N) is 1. The molecular weight excluding hydrogens is 369 g/mol. The summed E-state index contributed by atoms with van der Waals surface area (Å²) in [5.74, 6) is 0.563. The molecule has 0 radical (unpaired) electrons. The maximum absolute atomic E-state index is 11.9. The van der Waals surface area contributed by atoms with Crippen molar-refractivity contribution < 1.29 is 14.5 Å². The van der Waals surface area contributed by atoms with Gasteiger partial charge in [0.2, 0.25) is 0 Å². The van der Waals surface area contributed by atoms with E-state index in [9.17, 15) is 14.9 Å². The number of non-ortho nitro benzene ring substituents is 1. The van der Waals surface area contributed by atoms with E-state index in [0.29, 0.717) is 10.8 Å². The summed E-state index contributed by atoms with van der Waals surface area (Å²) in [5, 5.41) is 16.5. The molecule has 0 aliphatic carbocycles. The van der Waals surface area contributed by atoms with Crippen molar-refractivity contribution >= 4 is 40.6 Å². The van der Waals surface area contributed by atoms with Crippen molar-refractivity contribution in [1.82, 2.24) is 5.32 Å². The second kappa shape index (κ2) is 8.04. The predicted octanol–water partition coefficient (Wildman–Crippen LogP) is 4.68. The lowest BCUT2D eigenvalue weighted by molar-refractivity contribution is -0.384. The summed E-state index contributed by atoms with van der Waals surface area (Å²) in [6.45, 7) is 3.61. The van der Waals surface area contributed by atoms with Crippen molar-refractivity contribution in [3.8, 4) is 5.75 Å². The first kappa shape index (κ1) is 18.8. The third-order valence-corrected chi connectivity index (χ3v) is 4.22. The number of ether oxygens (including phenoxy) is 1. The van der Waals surface area contributed by atoms with Crippen LogP contribution in [-0.4, -0.2) is 17.7 Å². The van der Waals surface area contributed by atoms with Gasteiger partial charge in [0.1, 0.15) is 5.75 Å². The molecule has 7 nitrogen and oxygen atoms in total. The average molecular weight is 384 g/mol. The Hall–Kier alpha value is -2.51. The molecule has 25 heavy (non-hydrogen) atoms. The van der Waals surface area contributed by atoms with Gasteiger partial charge in [0.15, 0.2) is 6.73 Å². The quantitative estimate of drug-likeness (QED) is 0.445. The molecule has 0 fully saturated rings. The highest BCUT2D eigenvalue weighted by molar-refractivity contribution is 6.33. The monoisotopic (exact) mass is 383 g/mol. The lowest BCUT2D eigenvalue weighted by Crippen LogP contribution is -2.32. The first-order valence-electron chi connectivity index (χ1n) is 7.16.